The van der Waals surface area contributed by atoms with E-state index in [9.17, 15) is 0 Å². The third-order valence-electron chi connectivity index (χ3n) is 3.14. The highest BCUT2D eigenvalue weighted by molar-refractivity contribution is 6.35. The van der Waals surface area contributed by atoms with Crippen LogP contribution in [0.15, 0.2) is 36.4 Å². The number of anilines is 1. The Bertz CT molecular complexity index is 675. The van der Waals surface area contributed by atoms with Crippen LogP contribution in [0.2, 0.25) is 10.0 Å². The second-order valence-corrected chi connectivity index (χ2v) is 5.50. The number of benzene rings is 2. The number of hydrogen-bond donors (Lipinski definition) is 1. The zero-order valence-electron chi connectivity index (χ0n) is 11.2. The summed E-state index contributed by atoms with van der Waals surface area (Å²) in [4.78, 5) is 0. The van der Waals surface area contributed by atoms with E-state index in [1.165, 1.54) is 0 Å². The van der Waals surface area contributed by atoms with E-state index in [-0.39, 0.29) is 6.04 Å². The average molecular weight is 305 g/mol. The zero-order chi connectivity index (χ0) is 14.7. The number of hydrogen-bond acceptors (Lipinski definition) is 2. The monoisotopic (exact) mass is 304 g/mol. The second-order valence-electron chi connectivity index (χ2n) is 4.68. The van der Waals surface area contributed by atoms with Crippen molar-refractivity contribution >= 4 is 28.9 Å². The lowest BCUT2D eigenvalue weighted by Gasteiger charge is -2.18. The molecule has 4 heteroatoms. The first-order chi connectivity index (χ1) is 9.51. The van der Waals surface area contributed by atoms with Gasteiger partial charge in [-0.05, 0) is 49.2 Å². The second kappa shape index (κ2) is 6.17. The van der Waals surface area contributed by atoms with Gasteiger partial charge in [0.1, 0.15) is 0 Å². The van der Waals surface area contributed by atoms with Crippen molar-refractivity contribution in [1.82, 2.24) is 0 Å². The van der Waals surface area contributed by atoms with Gasteiger partial charge >= 0.3 is 0 Å². The Kier molecular flexibility index (Phi) is 4.54. The fourth-order valence-electron chi connectivity index (χ4n) is 1.95. The first kappa shape index (κ1) is 14.7. The number of aryl methyl sites for hydroxylation is 1. The molecule has 1 N–H and O–H groups in total. The average Bonchev–Trinajstić information content (AvgIpc) is 2.44. The van der Waals surface area contributed by atoms with Crippen molar-refractivity contribution in [3.05, 3.63) is 63.1 Å². The quantitative estimate of drug-likeness (QED) is 0.830. The van der Waals surface area contributed by atoms with E-state index in [1.807, 2.05) is 44.2 Å². The van der Waals surface area contributed by atoms with Crippen LogP contribution in [0.4, 0.5) is 5.69 Å². The highest BCUT2D eigenvalue weighted by Gasteiger charge is 2.10. The molecule has 0 saturated heterocycles. The lowest BCUT2D eigenvalue weighted by molar-refractivity contribution is 0.884. The summed E-state index contributed by atoms with van der Waals surface area (Å²) in [6, 6.07) is 13.3. The summed E-state index contributed by atoms with van der Waals surface area (Å²) in [6.07, 6.45) is 0. The Morgan fingerprint density at radius 3 is 2.60 bits per heavy atom. The Hall–Kier alpha value is -1.69. The van der Waals surface area contributed by atoms with Gasteiger partial charge in [-0.15, -0.1) is 0 Å². The smallest absolute Gasteiger partial charge is 0.0991 e. The summed E-state index contributed by atoms with van der Waals surface area (Å²) < 4.78 is 0. The van der Waals surface area contributed by atoms with Gasteiger partial charge in [0.25, 0.3) is 0 Å². The molecule has 1 atom stereocenters. The largest absolute Gasteiger partial charge is 0.377 e. The van der Waals surface area contributed by atoms with Gasteiger partial charge in [0.05, 0.1) is 22.3 Å². The summed E-state index contributed by atoms with van der Waals surface area (Å²) in [7, 11) is 0. The maximum atomic E-state index is 8.94. The van der Waals surface area contributed by atoms with Gasteiger partial charge in [-0.25, -0.2) is 0 Å². The van der Waals surface area contributed by atoms with E-state index < -0.39 is 0 Å². The molecule has 102 valence electrons. The maximum Gasteiger partial charge on any atom is 0.0991 e. The van der Waals surface area contributed by atoms with Gasteiger partial charge in [-0.1, -0.05) is 35.3 Å². The first-order valence-corrected chi connectivity index (χ1v) is 6.99. The molecule has 1 unspecified atom stereocenters. The van der Waals surface area contributed by atoms with Crippen molar-refractivity contribution in [3.63, 3.8) is 0 Å². The highest BCUT2D eigenvalue weighted by atomic mass is 35.5. The van der Waals surface area contributed by atoms with Crippen LogP contribution < -0.4 is 5.32 Å². The van der Waals surface area contributed by atoms with E-state index >= 15 is 0 Å². The minimum atomic E-state index is 0.0274. The molecule has 0 bridgehead atoms. The van der Waals surface area contributed by atoms with Gasteiger partial charge in [-0.3, -0.25) is 0 Å². The molecule has 0 spiro atoms. The van der Waals surface area contributed by atoms with Crippen molar-refractivity contribution < 1.29 is 0 Å². The van der Waals surface area contributed by atoms with Crippen LogP contribution in [0.5, 0.6) is 0 Å². The summed E-state index contributed by atoms with van der Waals surface area (Å²) >= 11 is 12.3. The number of rotatable bonds is 3. The van der Waals surface area contributed by atoms with Crippen molar-refractivity contribution in [2.24, 2.45) is 0 Å². The summed E-state index contributed by atoms with van der Waals surface area (Å²) in [5, 5.41) is 13.6. The van der Waals surface area contributed by atoms with Crippen molar-refractivity contribution in [2.75, 3.05) is 5.32 Å². The molecule has 2 aromatic rings. The number of halogens is 2. The molecule has 0 aromatic heterocycles. The molecular formula is C16H14Cl2N2. The molecule has 0 radical (unpaired) electrons. The van der Waals surface area contributed by atoms with Gasteiger partial charge in [-0.2, -0.15) is 5.26 Å². The normalized spacial score (nSPS) is 11.8. The minimum Gasteiger partial charge on any atom is -0.377 e. The Morgan fingerprint density at radius 1 is 1.15 bits per heavy atom. The molecule has 20 heavy (non-hydrogen) atoms. The van der Waals surface area contributed by atoms with Crippen LogP contribution in [0.3, 0.4) is 0 Å². The van der Waals surface area contributed by atoms with E-state index in [0.29, 0.717) is 15.6 Å². The fraction of sp³-hybridized carbons (Fsp3) is 0.188. The van der Waals surface area contributed by atoms with Crippen LogP contribution in [0.25, 0.3) is 0 Å². The predicted octanol–water partition coefficient (Wildman–Crippen LogP) is 5.35. The molecule has 0 aliphatic carbocycles. The molecule has 0 fully saturated rings. The molecule has 2 rings (SSSR count). The van der Waals surface area contributed by atoms with Gasteiger partial charge < -0.3 is 5.32 Å². The van der Waals surface area contributed by atoms with Crippen LogP contribution in [0, 0.1) is 18.3 Å². The highest BCUT2D eigenvalue weighted by Crippen LogP contribution is 2.31. The standard InChI is InChI=1S/C16H14Cl2N2/c1-10-6-15(18)16(8-14(10)17)20-11(2)13-5-3-4-12(7-13)9-19/h3-8,11,20H,1-2H3. The Balaban J connectivity index is 2.25. The third-order valence-corrected chi connectivity index (χ3v) is 3.86. The lowest BCUT2D eigenvalue weighted by Crippen LogP contribution is -2.07. The molecule has 0 aliphatic heterocycles. The summed E-state index contributed by atoms with van der Waals surface area (Å²) in [5.74, 6) is 0. The molecule has 0 saturated carbocycles. The molecule has 0 amide bonds. The van der Waals surface area contributed by atoms with Crippen LogP contribution in [0.1, 0.15) is 29.7 Å². The van der Waals surface area contributed by atoms with Crippen LogP contribution >= 0.6 is 23.2 Å². The maximum absolute atomic E-state index is 8.94. The van der Waals surface area contributed by atoms with E-state index in [4.69, 9.17) is 28.5 Å². The van der Waals surface area contributed by atoms with E-state index in [0.717, 1.165) is 16.8 Å². The number of nitriles is 1. The van der Waals surface area contributed by atoms with Crippen molar-refractivity contribution in [1.29, 1.82) is 5.26 Å². The minimum absolute atomic E-state index is 0.0274. The summed E-state index contributed by atoms with van der Waals surface area (Å²) in [6.45, 7) is 3.93. The van der Waals surface area contributed by atoms with Crippen molar-refractivity contribution in [2.45, 2.75) is 19.9 Å². The van der Waals surface area contributed by atoms with Gasteiger partial charge in [0, 0.05) is 11.1 Å². The Labute approximate surface area is 128 Å². The van der Waals surface area contributed by atoms with Gasteiger partial charge in [0.2, 0.25) is 0 Å². The Morgan fingerprint density at radius 2 is 1.90 bits per heavy atom. The molecule has 0 aliphatic rings. The number of nitrogens with one attached hydrogen (secondary N) is 1. The third kappa shape index (κ3) is 3.25. The van der Waals surface area contributed by atoms with Crippen LogP contribution in [-0.2, 0) is 0 Å². The lowest BCUT2D eigenvalue weighted by atomic mass is 10.1. The molecule has 2 nitrogen and oxygen atoms in total. The fourth-order valence-corrected chi connectivity index (χ4v) is 2.39. The van der Waals surface area contributed by atoms with Gasteiger partial charge in [0.15, 0.2) is 0 Å². The molecule has 2 aromatic carbocycles. The van der Waals surface area contributed by atoms with E-state index in [2.05, 4.69) is 11.4 Å². The van der Waals surface area contributed by atoms with E-state index in [1.54, 1.807) is 6.07 Å². The molecular weight excluding hydrogens is 291 g/mol. The molecule has 0 heterocycles. The van der Waals surface area contributed by atoms with Crippen LogP contribution in [-0.4, -0.2) is 0 Å². The first-order valence-electron chi connectivity index (χ1n) is 6.23. The predicted molar refractivity (Wildman–Crippen MR) is 84.4 cm³/mol. The SMILES string of the molecule is Cc1cc(Cl)c(NC(C)c2cccc(C#N)c2)cc1Cl. The van der Waals surface area contributed by atoms with Crippen molar-refractivity contribution in [3.8, 4) is 6.07 Å². The number of nitrogens with zero attached hydrogens (tertiary/aromatic N) is 1. The topological polar surface area (TPSA) is 35.8 Å². The zero-order valence-corrected chi connectivity index (χ0v) is 12.8. The summed E-state index contributed by atoms with van der Waals surface area (Å²) in [5.41, 5.74) is 3.40.